The molecule has 0 aromatic heterocycles. The van der Waals surface area contributed by atoms with E-state index in [2.05, 4.69) is 10.6 Å². The molecule has 1 heterocycles. The highest BCUT2D eigenvalue weighted by Crippen LogP contribution is 2.33. The Morgan fingerprint density at radius 1 is 1.27 bits per heavy atom. The Bertz CT molecular complexity index is 886. The molecule has 0 unspecified atom stereocenters. The summed E-state index contributed by atoms with van der Waals surface area (Å²) in [6.45, 7) is 8.08. The van der Waals surface area contributed by atoms with E-state index in [4.69, 9.17) is 4.74 Å². The fourth-order valence-corrected chi connectivity index (χ4v) is 3.82. The molecule has 3 N–H and O–H groups in total. The predicted molar refractivity (Wildman–Crippen MR) is 125 cm³/mol. The minimum Gasteiger partial charge on any atom is -0.487 e. The van der Waals surface area contributed by atoms with E-state index in [0.29, 0.717) is 30.1 Å². The highest BCUT2D eigenvalue weighted by molar-refractivity contribution is 6.00. The summed E-state index contributed by atoms with van der Waals surface area (Å²) in [5, 5.41) is 15.5. The van der Waals surface area contributed by atoms with Crippen molar-refractivity contribution in [1.29, 1.82) is 0 Å². The molecule has 1 aromatic carbocycles. The second kappa shape index (κ2) is 10.4. The van der Waals surface area contributed by atoms with Gasteiger partial charge in [-0.25, -0.2) is 4.79 Å². The van der Waals surface area contributed by atoms with Gasteiger partial charge in [0.2, 0.25) is 5.91 Å². The molecule has 1 fully saturated rings. The van der Waals surface area contributed by atoms with Crippen molar-refractivity contribution in [2.75, 3.05) is 32.1 Å². The quantitative estimate of drug-likeness (QED) is 0.578. The van der Waals surface area contributed by atoms with Crippen LogP contribution in [-0.4, -0.2) is 77.7 Å². The number of hydrogen-bond donors (Lipinski definition) is 3. The summed E-state index contributed by atoms with van der Waals surface area (Å²) in [6.07, 6.45) is 1.40. The molecular formula is C24H36N4O5. The number of aliphatic hydroxyl groups excluding tert-OH is 1. The zero-order valence-corrected chi connectivity index (χ0v) is 20.1. The number of nitrogens with one attached hydrogen (secondary N) is 2. The van der Waals surface area contributed by atoms with E-state index in [0.717, 1.165) is 12.8 Å². The van der Waals surface area contributed by atoms with E-state index < -0.39 is 6.04 Å². The normalized spacial score (nSPS) is 21.4. The molecule has 3 atom stereocenters. The second-order valence-electron chi connectivity index (χ2n) is 9.58. The van der Waals surface area contributed by atoms with E-state index in [1.807, 2.05) is 20.8 Å². The third-order valence-electron chi connectivity index (χ3n) is 6.09. The summed E-state index contributed by atoms with van der Waals surface area (Å²) >= 11 is 0. The van der Waals surface area contributed by atoms with Crippen molar-refractivity contribution in [2.45, 2.75) is 58.7 Å². The Hall–Kier alpha value is -2.81. The Morgan fingerprint density at radius 2 is 1.97 bits per heavy atom. The standard InChI is InChI=1S/C24H36N4O5/c1-14(2)25-24(32)27(5)12-21-15(3)11-28(16(4)13-29)23(31)19-10-18(8-9-20(19)33-21)26-22(30)17-6-7-17/h8-10,14-17,21,29H,6-7,11-13H2,1-5H3,(H,25,32)(H,26,30)/t15-,16-,21+/m1/s1. The van der Waals surface area contributed by atoms with E-state index in [1.165, 1.54) is 0 Å². The van der Waals surface area contributed by atoms with Crippen molar-refractivity contribution < 1.29 is 24.2 Å². The number of rotatable bonds is 7. The van der Waals surface area contributed by atoms with Gasteiger partial charge in [-0.2, -0.15) is 0 Å². The van der Waals surface area contributed by atoms with Gasteiger partial charge in [0.05, 0.1) is 24.8 Å². The molecule has 33 heavy (non-hydrogen) atoms. The molecule has 0 saturated heterocycles. The van der Waals surface area contributed by atoms with Gasteiger partial charge in [-0.1, -0.05) is 6.92 Å². The zero-order valence-electron chi connectivity index (χ0n) is 20.1. The predicted octanol–water partition coefficient (Wildman–Crippen LogP) is 2.30. The van der Waals surface area contributed by atoms with Gasteiger partial charge in [0.15, 0.2) is 0 Å². The summed E-state index contributed by atoms with van der Waals surface area (Å²) in [5.74, 6) is 0.0420. The van der Waals surface area contributed by atoms with Gasteiger partial charge in [-0.15, -0.1) is 0 Å². The first kappa shape index (κ1) is 24.8. The van der Waals surface area contributed by atoms with E-state index in [1.54, 1.807) is 42.0 Å². The fourth-order valence-electron chi connectivity index (χ4n) is 3.82. The van der Waals surface area contributed by atoms with Crippen LogP contribution in [0.3, 0.4) is 0 Å². The highest BCUT2D eigenvalue weighted by atomic mass is 16.5. The summed E-state index contributed by atoms with van der Waals surface area (Å²) in [4.78, 5) is 41.3. The highest BCUT2D eigenvalue weighted by Gasteiger charge is 2.35. The van der Waals surface area contributed by atoms with Gasteiger partial charge >= 0.3 is 6.03 Å². The van der Waals surface area contributed by atoms with Crippen LogP contribution in [0.1, 0.15) is 50.9 Å². The van der Waals surface area contributed by atoms with Crippen molar-refractivity contribution in [3.8, 4) is 5.75 Å². The number of amides is 4. The van der Waals surface area contributed by atoms with Crippen LogP contribution in [-0.2, 0) is 4.79 Å². The number of urea groups is 1. The molecule has 2 aliphatic rings. The van der Waals surface area contributed by atoms with Gasteiger partial charge in [0, 0.05) is 37.2 Å². The first-order chi connectivity index (χ1) is 15.6. The first-order valence-corrected chi connectivity index (χ1v) is 11.7. The molecule has 1 aromatic rings. The van der Waals surface area contributed by atoms with Crippen LogP contribution in [0, 0.1) is 11.8 Å². The number of carbonyl (C=O) groups excluding carboxylic acids is 3. The third kappa shape index (κ3) is 6.16. The lowest BCUT2D eigenvalue weighted by Crippen LogP contribution is -2.51. The van der Waals surface area contributed by atoms with Gasteiger partial charge in [0.25, 0.3) is 5.91 Å². The maximum atomic E-state index is 13.4. The second-order valence-corrected chi connectivity index (χ2v) is 9.58. The molecule has 1 aliphatic heterocycles. The molecule has 0 spiro atoms. The van der Waals surface area contributed by atoms with Crippen LogP contribution >= 0.6 is 0 Å². The van der Waals surface area contributed by atoms with E-state index in [9.17, 15) is 19.5 Å². The molecular weight excluding hydrogens is 424 g/mol. The summed E-state index contributed by atoms with van der Waals surface area (Å²) in [6, 6.07) is 4.48. The minimum atomic E-state index is -0.391. The molecule has 1 saturated carbocycles. The van der Waals surface area contributed by atoms with Crippen molar-refractivity contribution in [3.63, 3.8) is 0 Å². The maximum absolute atomic E-state index is 13.4. The number of likely N-dealkylation sites (N-methyl/N-ethyl adjacent to an activating group) is 1. The molecule has 0 bridgehead atoms. The van der Waals surface area contributed by atoms with Crippen molar-refractivity contribution >= 4 is 23.5 Å². The summed E-state index contributed by atoms with van der Waals surface area (Å²) in [5.41, 5.74) is 0.868. The van der Waals surface area contributed by atoms with Crippen LogP contribution in [0.2, 0.25) is 0 Å². The smallest absolute Gasteiger partial charge is 0.317 e. The zero-order chi connectivity index (χ0) is 24.3. The molecule has 1 aliphatic carbocycles. The number of anilines is 1. The van der Waals surface area contributed by atoms with Crippen molar-refractivity contribution in [3.05, 3.63) is 23.8 Å². The van der Waals surface area contributed by atoms with Crippen LogP contribution < -0.4 is 15.4 Å². The number of benzene rings is 1. The van der Waals surface area contributed by atoms with Gasteiger partial charge in [-0.3, -0.25) is 9.59 Å². The molecule has 3 rings (SSSR count). The number of ether oxygens (including phenoxy) is 1. The summed E-state index contributed by atoms with van der Waals surface area (Å²) in [7, 11) is 1.71. The lowest BCUT2D eigenvalue weighted by Gasteiger charge is -2.38. The lowest BCUT2D eigenvalue weighted by atomic mass is 9.99. The average molecular weight is 461 g/mol. The number of carbonyl (C=O) groups is 3. The Kier molecular flexibility index (Phi) is 7.84. The maximum Gasteiger partial charge on any atom is 0.317 e. The Balaban J connectivity index is 1.89. The minimum absolute atomic E-state index is 0.0131. The summed E-state index contributed by atoms with van der Waals surface area (Å²) < 4.78 is 6.28. The van der Waals surface area contributed by atoms with Crippen LogP contribution in [0.15, 0.2) is 18.2 Å². The van der Waals surface area contributed by atoms with Crippen molar-refractivity contribution in [2.24, 2.45) is 11.8 Å². The van der Waals surface area contributed by atoms with Gasteiger partial charge in [0.1, 0.15) is 11.9 Å². The largest absolute Gasteiger partial charge is 0.487 e. The first-order valence-electron chi connectivity index (χ1n) is 11.7. The molecule has 182 valence electrons. The average Bonchev–Trinajstić information content (AvgIpc) is 3.61. The lowest BCUT2D eigenvalue weighted by molar-refractivity contribution is -0.117. The SMILES string of the molecule is CC(C)NC(=O)N(C)C[C@@H]1Oc2ccc(NC(=O)C3CC3)cc2C(=O)N([C@H](C)CO)C[C@H]1C. The number of aliphatic hydroxyl groups is 1. The molecule has 9 heteroatoms. The number of fused-ring (bicyclic) bond motifs is 1. The van der Waals surface area contributed by atoms with Gasteiger partial charge in [-0.05, 0) is 51.8 Å². The third-order valence-corrected chi connectivity index (χ3v) is 6.09. The molecule has 0 radical (unpaired) electrons. The van der Waals surface area contributed by atoms with Crippen LogP contribution in [0.5, 0.6) is 5.75 Å². The monoisotopic (exact) mass is 460 g/mol. The number of nitrogens with zero attached hydrogens (tertiary/aromatic N) is 2. The fraction of sp³-hybridized carbons (Fsp3) is 0.625. The van der Waals surface area contributed by atoms with E-state index >= 15 is 0 Å². The topological polar surface area (TPSA) is 111 Å². The van der Waals surface area contributed by atoms with Crippen LogP contribution in [0.25, 0.3) is 0 Å². The molecule has 4 amide bonds. The Morgan fingerprint density at radius 3 is 2.58 bits per heavy atom. The van der Waals surface area contributed by atoms with E-state index in [-0.39, 0.29) is 48.4 Å². The van der Waals surface area contributed by atoms with Crippen molar-refractivity contribution in [1.82, 2.24) is 15.1 Å². The Labute approximate surface area is 195 Å². The number of hydrogen-bond acceptors (Lipinski definition) is 5. The van der Waals surface area contributed by atoms with Gasteiger partial charge < -0.3 is 30.3 Å². The van der Waals surface area contributed by atoms with Crippen LogP contribution in [0.4, 0.5) is 10.5 Å². The molecule has 9 nitrogen and oxygen atoms in total.